The van der Waals surface area contributed by atoms with Crippen LogP contribution in [0.5, 0.6) is 11.5 Å². The largest absolute Gasteiger partial charge is 0.490 e. The molecule has 0 aromatic heterocycles. The molecule has 0 aliphatic carbocycles. The molecule has 0 saturated carbocycles. The summed E-state index contributed by atoms with van der Waals surface area (Å²) in [7, 11) is 1.94. The number of likely N-dealkylation sites (N-methyl/N-ethyl adjacent to an activating group) is 1. The highest BCUT2D eigenvalue weighted by Gasteiger charge is 2.44. The van der Waals surface area contributed by atoms with Gasteiger partial charge in [0.2, 0.25) is 6.10 Å². The Morgan fingerprint density at radius 1 is 1.02 bits per heavy atom. The zero-order valence-corrected chi connectivity index (χ0v) is 25.2. The van der Waals surface area contributed by atoms with E-state index in [9.17, 15) is 32.8 Å². The van der Waals surface area contributed by atoms with Crippen molar-refractivity contribution in [2.24, 2.45) is 0 Å². The van der Waals surface area contributed by atoms with Crippen molar-refractivity contribution in [3.8, 4) is 17.6 Å². The maximum Gasteiger partial charge on any atom is 0.490 e. The highest BCUT2D eigenvalue weighted by molar-refractivity contribution is 6.32. The first-order chi connectivity index (χ1) is 21.2. The lowest BCUT2D eigenvalue weighted by Gasteiger charge is -2.32. The predicted molar refractivity (Wildman–Crippen MR) is 156 cm³/mol. The molecule has 2 amide bonds. The van der Waals surface area contributed by atoms with Crippen molar-refractivity contribution in [2.45, 2.75) is 19.2 Å². The van der Waals surface area contributed by atoms with Gasteiger partial charge in [-0.3, -0.25) is 9.59 Å². The van der Waals surface area contributed by atoms with Gasteiger partial charge in [-0.15, -0.1) is 0 Å². The number of amides is 2. The van der Waals surface area contributed by atoms with Crippen LogP contribution < -0.4 is 10.1 Å². The molecule has 3 aromatic rings. The summed E-state index contributed by atoms with van der Waals surface area (Å²) in [5.41, 5.74) is -0.0169. The monoisotopic (exact) mass is 666 g/mol. The Kier molecular flexibility index (Phi) is 10.2. The smallest absolute Gasteiger partial charge is 0.453 e. The SMILES string of the molecule is Cc1cc(C(=O)N2CCN(C)CC2)ccc1NC(=O)C(OC(=O)C(F)(F)F)c1ccc(Cl)c(Oc2cc(Cl)cc(C#N)c2)c1F. The molecule has 1 unspecified atom stereocenters. The lowest BCUT2D eigenvalue weighted by atomic mass is 10.1. The fourth-order valence-electron chi connectivity index (χ4n) is 4.41. The van der Waals surface area contributed by atoms with Gasteiger partial charge in [-0.05, 0) is 62.0 Å². The molecule has 0 bridgehead atoms. The first-order valence-electron chi connectivity index (χ1n) is 13.2. The molecule has 236 valence electrons. The standard InChI is InChI=1S/C30H24Cl2F4N4O5/c1-16-11-18(28(42)40-9-7-39(2)8-10-40)3-6-23(16)38-27(41)25(45-29(43)30(34,35)36)21-4-5-22(32)26(24(21)33)44-20-13-17(15-37)12-19(31)14-20/h3-6,11-14,25H,7-10H2,1-2H3,(H,38,41). The van der Waals surface area contributed by atoms with Crippen LogP contribution in [0.15, 0.2) is 48.5 Å². The van der Waals surface area contributed by atoms with Crippen LogP contribution in [0.4, 0.5) is 23.2 Å². The van der Waals surface area contributed by atoms with Gasteiger partial charge in [0.05, 0.1) is 16.7 Å². The van der Waals surface area contributed by atoms with Crippen LogP contribution in [0.2, 0.25) is 10.0 Å². The fourth-order valence-corrected chi connectivity index (χ4v) is 4.82. The topological polar surface area (TPSA) is 112 Å². The minimum Gasteiger partial charge on any atom is -0.453 e. The minimum atomic E-state index is -5.52. The molecule has 3 aromatic carbocycles. The Hall–Kier alpha value is -4.38. The van der Waals surface area contributed by atoms with Crippen molar-refractivity contribution >= 4 is 46.7 Å². The highest BCUT2D eigenvalue weighted by atomic mass is 35.5. The molecular formula is C30H24Cl2F4N4O5. The van der Waals surface area contributed by atoms with Gasteiger partial charge < -0.3 is 24.6 Å². The molecule has 0 radical (unpaired) electrons. The van der Waals surface area contributed by atoms with Crippen molar-refractivity contribution in [1.29, 1.82) is 5.26 Å². The summed E-state index contributed by atoms with van der Waals surface area (Å²) in [4.78, 5) is 41.9. The van der Waals surface area contributed by atoms with Gasteiger partial charge in [-0.2, -0.15) is 18.4 Å². The Balaban J connectivity index is 1.65. The lowest BCUT2D eigenvalue weighted by molar-refractivity contribution is -0.205. The van der Waals surface area contributed by atoms with Gasteiger partial charge >= 0.3 is 12.1 Å². The van der Waals surface area contributed by atoms with E-state index in [1.165, 1.54) is 36.4 Å². The van der Waals surface area contributed by atoms with E-state index >= 15 is 4.39 Å². The fraction of sp³-hybridized carbons (Fsp3) is 0.267. The quantitative estimate of drug-likeness (QED) is 0.233. The van der Waals surface area contributed by atoms with E-state index in [1.54, 1.807) is 11.8 Å². The molecule has 1 fully saturated rings. The Morgan fingerprint density at radius 3 is 2.33 bits per heavy atom. The second-order valence-corrected chi connectivity index (χ2v) is 10.9. The lowest BCUT2D eigenvalue weighted by Crippen LogP contribution is -2.47. The number of nitrogens with zero attached hydrogens (tertiary/aromatic N) is 3. The molecule has 1 aliphatic heterocycles. The molecule has 1 heterocycles. The van der Waals surface area contributed by atoms with Crippen molar-refractivity contribution in [2.75, 3.05) is 38.5 Å². The van der Waals surface area contributed by atoms with Crippen LogP contribution in [0.1, 0.15) is 33.2 Å². The Labute approximate surface area is 264 Å². The van der Waals surface area contributed by atoms with Crippen molar-refractivity contribution < 1.29 is 41.4 Å². The number of hydrogen-bond donors (Lipinski definition) is 1. The number of esters is 1. The summed E-state index contributed by atoms with van der Waals surface area (Å²) in [6.45, 7) is 3.99. The maximum atomic E-state index is 15.8. The minimum absolute atomic E-state index is 0.0492. The molecular weight excluding hydrogens is 643 g/mol. The van der Waals surface area contributed by atoms with Crippen LogP contribution in [0, 0.1) is 24.1 Å². The average Bonchev–Trinajstić information content (AvgIpc) is 2.98. The van der Waals surface area contributed by atoms with E-state index in [0.29, 0.717) is 37.3 Å². The van der Waals surface area contributed by atoms with Gasteiger partial charge in [0, 0.05) is 48.0 Å². The summed E-state index contributed by atoms with van der Waals surface area (Å²) in [5, 5.41) is 11.2. The van der Waals surface area contributed by atoms with Gasteiger partial charge in [-0.1, -0.05) is 29.3 Å². The molecule has 0 spiro atoms. The van der Waals surface area contributed by atoms with E-state index in [4.69, 9.17) is 27.9 Å². The molecule has 9 nitrogen and oxygen atoms in total. The van der Waals surface area contributed by atoms with Crippen LogP contribution >= 0.6 is 23.2 Å². The molecule has 1 saturated heterocycles. The number of nitrogens with one attached hydrogen (secondary N) is 1. The third-order valence-corrected chi connectivity index (χ3v) is 7.31. The number of rotatable bonds is 7. The Morgan fingerprint density at radius 2 is 1.71 bits per heavy atom. The number of hydrogen-bond acceptors (Lipinski definition) is 7. The molecule has 15 heteroatoms. The number of piperazine rings is 1. The van der Waals surface area contributed by atoms with Gasteiger partial charge in [0.1, 0.15) is 5.75 Å². The van der Waals surface area contributed by atoms with Gasteiger partial charge in [0.25, 0.3) is 11.8 Å². The van der Waals surface area contributed by atoms with E-state index in [0.717, 1.165) is 12.1 Å². The number of benzene rings is 3. The molecule has 45 heavy (non-hydrogen) atoms. The second-order valence-electron chi connectivity index (χ2n) is 10.1. The number of alkyl halides is 3. The summed E-state index contributed by atoms with van der Waals surface area (Å²) in [5.74, 6) is -6.62. The molecule has 1 N–H and O–H groups in total. The number of carbonyl (C=O) groups is 3. The summed E-state index contributed by atoms with van der Waals surface area (Å²) in [6, 6.07) is 11.7. The summed E-state index contributed by atoms with van der Waals surface area (Å²) >= 11 is 12.1. The predicted octanol–water partition coefficient (Wildman–Crippen LogP) is 6.28. The third-order valence-electron chi connectivity index (χ3n) is 6.80. The van der Waals surface area contributed by atoms with Crippen LogP contribution in [0.25, 0.3) is 0 Å². The van der Waals surface area contributed by atoms with E-state index in [2.05, 4.69) is 15.0 Å². The average molecular weight is 667 g/mol. The van der Waals surface area contributed by atoms with Crippen LogP contribution in [0.3, 0.4) is 0 Å². The Bertz CT molecular complexity index is 1690. The van der Waals surface area contributed by atoms with Crippen LogP contribution in [-0.2, 0) is 14.3 Å². The van der Waals surface area contributed by atoms with Crippen molar-refractivity contribution in [1.82, 2.24) is 9.80 Å². The summed E-state index contributed by atoms with van der Waals surface area (Å²) < 4.78 is 65.3. The van der Waals surface area contributed by atoms with E-state index in [-0.39, 0.29) is 33.0 Å². The van der Waals surface area contributed by atoms with Crippen molar-refractivity contribution in [3.63, 3.8) is 0 Å². The first kappa shape index (κ1) is 33.5. The van der Waals surface area contributed by atoms with E-state index in [1.807, 2.05) is 13.1 Å². The number of aryl methyl sites for hydroxylation is 1. The zero-order valence-electron chi connectivity index (χ0n) is 23.7. The molecule has 4 rings (SSSR count). The maximum absolute atomic E-state index is 15.8. The second kappa shape index (κ2) is 13.7. The number of ether oxygens (including phenoxy) is 2. The van der Waals surface area contributed by atoms with Crippen molar-refractivity contribution in [3.05, 3.63) is 86.6 Å². The van der Waals surface area contributed by atoms with E-state index < -0.39 is 41.3 Å². The summed E-state index contributed by atoms with van der Waals surface area (Å²) in [6.07, 6.45) is -7.98. The number of halogens is 6. The number of nitriles is 1. The van der Waals surface area contributed by atoms with Gasteiger partial charge in [0.15, 0.2) is 11.6 Å². The third kappa shape index (κ3) is 8.02. The highest BCUT2D eigenvalue weighted by Crippen LogP contribution is 2.38. The normalized spacial score (nSPS) is 14.3. The number of anilines is 1. The van der Waals surface area contributed by atoms with Gasteiger partial charge in [-0.25, -0.2) is 9.18 Å². The first-order valence-corrected chi connectivity index (χ1v) is 14.0. The zero-order chi connectivity index (χ0) is 33.1. The van der Waals surface area contributed by atoms with Crippen LogP contribution in [-0.4, -0.2) is 67.0 Å². The molecule has 1 atom stereocenters. The number of carbonyl (C=O) groups excluding carboxylic acids is 3. The molecule has 1 aliphatic rings.